The van der Waals surface area contributed by atoms with Gasteiger partial charge in [-0.05, 0) is 30.9 Å². The summed E-state index contributed by atoms with van der Waals surface area (Å²) in [5, 5.41) is 13.9. The van der Waals surface area contributed by atoms with Crippen molar-refractivity contribution in [2.75, 3.05) is 50.0 Å². The molecule has 0 spiro atoms. The summed E-state index contributed by atoms with van der Waals surface area (Å²) in [5.74, 6) is 0.920. The molecule has 1 saturated heterocycles. The van der Waals surface area contributed by atoms with Gasteiger partial charge < -0.3 is 15.7 Å². The molecule has 0 amide bonds. The van der Waals surface area contributed by atoms with Crippen molar-refractivity contribution in [3.8, 4) is 0 Å². The molecule has 1 fully saturated rings. The number of aliphatic hydroxyl groups is 1. The molecule has 0 radical (unpaired) electrons. The predicted molar refractivity (Wildman–Crippen MR) is 87.4 cm³/mol. The lowest BCUT2D eigenvalue weighted by atomic mass is 10.2. The number of rotatable bonds is 3. The largest absolute Gasteiger partial charge is 0.395 e. The third kappa shape index (κ3) is 2.14. The van der Waals surface area contributed by atoms with Gasteiger partial charge in [0, 0.05) is 38.4 Å². The van der Waals surface area contributed by atoms with Gasteiger partial charge in [-0.15, -0.1) is 5.10 Å². The lowest BCUT2D eigenvalue weighted by molar-refractivity contribution is 0.188. The molecule has 0 atom stereocenters. The molecule has 1 aliphatic heterocycles. The highest BCUT2D eigenvalue weighted by molar-refractivity contribution is 5.82. The monoisotopic (exact) mass is 301 g/mol. The maximum atomic E-state index is 9.04. The van der Waals surface area contributed by atoms with Crippen LogP contribution in [0.5, 0.6) is 0 Å². The topological polar surface area (TPSA) is 70.0 Å². The average Bonchev–Trinajstić information content (AvgIpc) is 3.13. The van der Waals surface area contributed by atoms with E-state index in [0.717, 1.165) is 62.6 Å². The van der Waals surface area contributed by atoms with Crippen molar-refractivity contribution < 1.29 is 5.11 Å². The van der Waals surface area contributed by atoms with E-state index in [1.165, 1.54) is 17.7 Å². The van der Waals surface area contributed by atoms with Crippen LogP contribution in [0.2, 0.25) is 0 Å². The number of fused-ring (bicyclic) bond motifs is 3. The van der Waals surface area contributed by atoms with Crippen LogP contribution >= 0.6 is 0 Å². The number of anilines is 2. The SMILES string of the molecule is Nc1c(N2CCN(CCO)CC2)nn2c3c(ccc12)CCC3. The molecule has 3 N–H and O–H groups in total. The summed E-state index contributed by atoms with van der Waals surface area (Å²) in [6.07, 6.45) is 3.46. The first-order chi connectivity index (χ1) is 10.8. The fraction of sp³-hybridized carbons (Fsp3) is 0.562. The van der Waals surface area contributed by atoms with Crippen molar-refractivity contribution in [1.29, 1.82) is 0 Å². The standard InChI is InChI=1S/C16H23N5O/c17-15-14-5-4-12-2-1-3-13(12)21(14)18-16(15)20-8-6-19(7-9-20)10-11-22/h4-5,22H,1-3,6-11,17H2. The van der Waals surface area contributed by atoms with E-state index in [-0.39, 0.29) is 6.61 Å². The molecular weight excluding hydrogens is 278 g/mol. The Kier molecular flexibility index (Phi) is 3.43. The Morgan fingerprint density at radius 2 is 1.95 bits per heavy atom. The van der Waals surface area contributed by atoms with Crippen LogP contribution in [0.3, 0.4) is 0 Å². The van der Waals surface area contributed by atoms with E-state index in [4.69, 9.17) is 15.9 Å². The van der Waals surface area contributed by atoms with Crippen molar-refractivity contribution in [1.82, 2.24) is 14.5 Å². The highest BCUT2D eigenvalue weighted by Crippen LogP contribution is 2.31. The molecule has 3 heterocycles. The van der Waals surface area contributed by atoms with E-state index < -0.39 is 0 Å². The fourth-order valence-corrected chi connectivity index (χ4v) is 3.71. The van der Waals surface area contributed by atoms with Crippen LogP contribution in [0.15, 0.2) is 12.1 Å². The quantitative estimate of drug-likeness (QED) is 0.865. The summed E-state index contributed by atoms with van der Waals surface area (Å²) in [6.45, 7) is 4.70. The second-order valence-corrected chi connectivity index (χ2v) is 6.25. The smallest absolute Gasteiger partial charge is 0.175 e. The van der Waals surface area contributed by atoms with Gasteiger partial charge in [0.15, 0.2) is 5.82 Å². The van der Waals surface area contributed by atoms with E-state index >= 15 is 0 Å². The van der Waals surface area contributed by atoms with Crippen molar-refractivity contribution >= 4 is 17.0 Å². The molecule has 0 saturated carbocycles. The van der Waals surface area contributed by atoms with Crippen LogP contribution < -0.4 is 10.6 Å². The number of aromatic nitrogens is 2. The zero-order valence-corrected chi connectivity index (χ0v) is 12.8. The zero-order chi connectivity index (χ0) is 15.1. The number of nitrogens with two attached hydrogens (primary N) is 1. The third-order valence-corrected chi connectivity index (χ3v) is 4.96. The average molecular weight is 301 g/mol. The van der Waals surface area contributed by atoms with Crippen molar-refractivity contribution in [3.05, 3.63) is 23.4 Å². The van der Waals surface area contributed by atoms with Crippen molar-refractivity contribution in [3.63, 3.8) is 0 Å². The Morgan fingerprint density at radius 3 is 2.73 bits per heavy atom. The number of nitrogen functional groups attached to an aromatic ring is 1. The number of pyridine rings is 1. The Labute approximate surface area is 130 Å². The molecule has 6 heteroatoms. The van der Waals surface area contributed by atoms with Gasteiger partial charge in [0.25, 0.3) is 0 Å². The van der Waals surface area contributed by atoms with Crippen molar-refractivity contribution in [2.24, 2.45) is 0 Å². The van der Waals surface area contributed by atoms with E-state index in [1.54, 1.807) is 0 Å². The number of aryl methyl sites for hydroxylation is 2. The number of nitrogens with zero attached hydrogens (tertiary/aromatic N) is 4. The van der Waals surface area contributed by atoms with E-state index in [0.29, 0.717) is 0 Å². The lowest BCUT2D eigenvalue weighted by Gasteiger charge is -2.34. The molecule has 0 aromatic carbocycles. The van der Waals surface area contributed by atoms with Gasteiger partial charge >= 0.3 is 0 Å². The summed E-state index contributed by atoms with van der Waals surface area (Å²) in [6, 6.07) is 4.32. The summed E-state index contributed by atoms with van der Waals surface area (Å²) in [5.41, 5.74) is 11.0. The minimum atomic E-state index is 0.225. The van der Waals surface area contributed by atoms with E-state index in [9.17, 15) is 0 Å². The highest BCUT2D eigenvalue weighted by Gasteiger charge is 2.24. The summed E-state index contributed by atoms with van der Waals surface area (Å²) >= 11 is 0. The first-order valence-corrected chi connectivity index (χ1v) is 8.15. The Hall–Kier alpha value is -1.79. The molecule has 2 aliphatic rings. The van der Waals surface area contributed by atoms with Crippen LogP contribution in [-0.4, -0.2) is 59.0 Å². The van der Waals surface area contributed by atoms with Gasteiger partial charge in [-0.1, -0.05) is 6.07 Å². The van der Waals surface area contributed by atoms with E-state index in [2.05, 4.69) is 26.4 Å². The van der Waals surface area contributed by atoms with Crippen LogP contribution in [-0.2, 0) is 12.8 Å². The molecular formula is C16H23N5O. The fourth-order valence-electron chi connectivity index (χ4n) is 3.71. The van der Waals surface area contributed by atoms with Gasteiger partial charge in [-0.3, -0.25) is 4.90 Å². The predicted octanol–water partition coefficient (Wildman–Crippen LogP) is 0.519. The van der Waals surface area contributed by atoms with Crippen molar-refractivity contribution in [2.45, 2.75) is 19.3 Å². The Bertz CT molecular complexity index is 687. The molecule has 0 bridgehead atoms. The Morgan fingerprint density at radius 1 is 1.14 bits per heavy atom. The number of aliphatic hydroxyl groups excluding tert-OH is 1. The first-order valence-electron chi connectivity index (χ1n) is 8.15. The van der Waals surface area contributed by atoms with Gasteiger partial charge in [-0.25, -0.2) is 4.52 Å². The third-order valence-electron chi connectivity index (χ3n) is 4.96. The minimum absolute atomic E-state index is 0.225. The van der Waals surface area contributed by atoms with Crippen LogP contribution in [0.25, 0.3) is 5.52 Å². The second kappa shape index (κ2) is 5.44. The minimum Gasteiger partial charge on any atom is -0.395 e. The summed E-state index contributed by atoms with van der Waals surface area (Å²) in [4.78, 5) is 4.55. The molecule has 4 rings (SSSR count). The highest BCUT2D eigenvalue weighted by atomic mass is 16.3. The first kappa shape index (κ1) is 13.8. The number of hydrogen-bond donors (Lipinski definition) is 2. The molecule has 1 aliphatic carbocycles. The Balaban J connectivity index is 1.64. The zero-order valence-electron chi connectivity index (χ0n) is 12.8. The molecule has 22 heavy (non-hydrogen) atoms. The van der Waals surface area contributed by atoms with Gasteiger partial charge in [-0.2, -0.15) is 0 Å². The molecule has 2 aromatic heterocycles. The number of piperazine rings is 1. The maximum absolute atomic E-state index is 9.04. The van der Waals surface area contributed by atoms with Gasteiger partial charge in [0.1, 0.15) is 5.69 Å². The summed E-state index contributed by atoms with van der Waals surface area (Å²) in [7, 11) is 0. The van der Waals surface area contributed by atoms with Gasteiger partial charge in [0.05, 0.1) is 12.1 Å². The second-order valence-electron chi connectivity index (χ2n) is 6.25. The van der Waals surface area contributed by atoms with Crippen LogP contribution in [0, 0.1) is 0 Å². The number of hydrogen-bond acceptors (Lipinski definition) is 5. The van der Waals surface area contributed by atoms with Crippen LogP contribution in [0.1, 0.15) is 17.7 Å². The lowest BCUT2D eigenvalue weighted by Crippen LogP contribution is -2.47. The van der Waals surface area contributed by atoms with Gasteiger partial charge in [0.2, 0.25) is 0 Å². The molecule has 0 unspecified atom stereocenters. The van der Waals surface area contributed by atoms with E-state index in [1.807, 2.05) is 0 Å². The summed E-state index contributed by atoms with van der Waals surface area (Å²) < 4.78 is 2.06. The molecule has 6 nitrogen and oxygen atoms in total. The molecule has 2 aromatic rings. The maximum Gasteiger partial charge on any atom is 0.175 e. The number of β-amino-alcohol motifs (C(OH)–C–C–N with tert-alkyl or cyclic N) is 1. The van der Waals surface area contributed by atoms with Crippen LogP contribution in [0.4, 0.5) is 11.5 Å². The normalized spacial score (nSPS) is 19.0. The molecule has 118 valence electrons.